The van der Waals surface area contributed by atoms with Crippen molar-refractivity contribution in [2.45, 2.75) is 0 Å². The molecule has 52 valence electrons. The van der Waals surface area contributed by atoms with E-state index in [1.165, 1.54) is 0 Å². The molecule has 0 unspecified atom stereocenters. The standard InChI is InChI=1S/C6H5BF2O/c8-4-1-2-6(9)5(3-4)7-10/h1-3,7,10H. The second-order valence-electron chi connectivity index (χ2n) is 1.89. The molecule has 0 bridgehead atoms. The number of halogens is 2. The molecule has 1 aromatic carbocycles. The van der Waals surface area contributed by atoms with Crippen molar-refractivity contribution in [2.24, 2.45) is 0 Å². The van der Waals surface area contributed by atoms with E-state index in [0.717, 1.165) is 18.2 Å². The van der Waals surface area contributed by atoms with Crippen molar-refractivity contribution in [1.29, 1.82) is 0 Å². The predicted octanol–water partition coefficient (Wildman–Crippen LogP) is -0.0661. The predicted molar refractivity (Wildman–Crippen MR) is 35.4 cm³/mol. The van der Waals surface area contributed by atoms with Gasteiger partial charge < -0.3 is 5.02 Å². The third kappa shape index (κ3) is 1.33. The monoisotopic (exact) mass is 142 g/mol. The summed E-state index contributed by atoms with van der Waals surface area (Å²) in [5.41, 5.74) is -0.0139. The first-order chi connectivity index (χ1) is 4.74. The van der Waals surface area contributed by atoms with Crippen molar-refractivity contribution in [3.05, 3.63) is 29.8 Å². The maximum absolute atomic E-state index is 12.4. The third-order valence-electron chi connectivity index (χ3n) is 1.18. The Morgan fingerprint density at radius 1 is 1.30 bits per heavy atom. The van der Waals surface area contributed by atoms with E-state index in [-0.39, 0.29) is 5.46 Å². The van der Waals surface area contributed by atoms with E-state index in [9.17, 15) is 8.78 Å². The van der Waals surface area contributed by atoms with Gasteiger partial charge in [-0.25, -0.2) is 8.78 Å². The molecule has 0 amide bonds. The Balaban J connectivity index is 3.09. The van der Waals surface area contributed by atoms with Crippen molar-refractivity contribution < 1.29 is 13.8 Å². The molecule has 0 aromatic heterocycles. The van der Waals surface area contributed by atoms with Crippen LogP contribution in [0.1, 0.15) is 0 Å². The third-order valence-corrected chi connectivity index (χ3v) is 1.18. The second-order valence-corrected chi connectivity index (χ2v) is 1.89. The van der Waals surface area contributed by atoms with Crippen LogP contribution in [0.2, 0.25) is 0 Å². The van der Waals surface area contributed by atoms with E-state index in [4.69, 9.17) is 5.02 Å². The van der Waals surface area contributed by atoms with Crippen molar-refractivity contribution in [1.82, 2.24) is 0 Å². The van der Waals surface area contributed by atoms with Gasteiger partial charge in [0.25, 0.3) is 0 Å². The van der Waals surface area contributed by atoms with Gasteiger partial charge in [0.2, 0.25) is 0 Å². The Labute approximate surface area is 57.6 Å². The van der Waals surface area contributed by atoms with Crippen LogP contribution < -0.4 is 5.46 Å². The highest BCUT2D eigenvalue weighted by atomic mass is 19.1. The van der Waals surface area contributed by atoms with E-state index >= 15 is 0 Å². The summed E-state index contributed by atoms with van der Waals surface area (Å²) in [4.78, 5) is 0. The first kappa shape index (κ1) is 7.21. The van der Waals surface area contributed by atoms with E-state index in [1.54, 1.807) is 0 Å². The fourth-order valence-electron chi connectivity index (χ4n) is 0.664. The summed E-state index contributed by atoms with van der Waals surface area (Å²) in [6.07, 6.45) is 0. The van der Waals surface area contributed by atoms with Crippen LogP contribution in [-0.2, 0) is 0 Å². The number of rotatable bonds is 1. The van der Waals surface area contributed by atoms with Crippen molar-refractivity contribution >= 4 is 12.9 Å². The van der Waals surface area contributed by atoms with Gasteiger partial charge >= 0.3 is 7.48 Å². The average Bonchev–Trinajstić information content (AvgIpc) is 1.94. The van der Waals surface area contributed by atoms with Gasteiger partial charge in [-0.15, -0.1) is 0 Å². The van der Waals surface area contributed by atoms with Gasteiger partial charge in [0.15, 0.2) is 0 Å². The topological polar surface area (TPSA) is 20.2 Å². The summed E-state index contributed by atoms with van der Waals surface area (Å²) in [6, 6.07) is 2.96. The average molecular weight is 142 g/mol. The first-order valence-corrected chi connectivity index (χ1v) is 2.79. The van der Waals surface area contributed by atoms with E-state index < -0.39 is 19.1 Å². The van der Waals surface area contributed by atoms with E-state index in [0.29, 0.717) is 0 Å². The highest BCUT2D eigenvalue weighted by Gasteiger charge is 2.02. The lowest BCUT2D eigenvalue weighted by atomic mass is 9.88. The lowest BCUT2D eigenvalue weighted by Gasteiger charge is -1.95. The normalized spacial score (nSPS) is 9.50. The van der Waals surface area contributed by atoms with Crippen molar-refractivity contribution in [3.8, 4) is 0 Å². The molecule has 1 N–H and O–H groups in total. The highest BCUT2D eigenvalue weighted by molar-refractivity contribution is 6.45. The minimum atomic E-state index is -0.580. The summed E-state index contributed by atoms with van der Waals surface area (Å²) < 4.78 is 24.7. The molecule has 0 radical (unpaired) electrons. The van der Waals surface area contributed by atoms with Crippen LogP contribution in [-0.4, -0.2) is 12.5 Å². The smallest absolute Gasteiger partial charge is 0.307 e. The molecule has 0 aliphatic rings. The maximum Gasteiger partial charge on any atom is 0.307 e. The molecule has 0 atom stereocenters. The quantitative estimate of drug-likeness (QED) is 0.544. The zero-order valence-corrected chi connectivity index (χ0v) is 5.14. The molecule has 0 aliphatic carbocycles. The van der Waals surface area contributed by atoms with Gasteiger partial charge in [0, 0.05) is 0 Å². The molecule has 0 saturated carbocycles. The van der Waals surface area contributed by atoms with Gasteiger partial charge in [0.1, 0.15) is 11.6 Å². The molecule has 4 heteroatoms. The number of benzene rings is 1. The Hall–Kier alpha value is -0.895. The molecule has 1 aromatic rings. The van der Waals surface area contributed by atoms with Gasteiger partial charge in [0.05, 0.1) is 0 Å². The van der Waals surface area contributed by atoms with Crippen LogP contribution in [0.25, 0.3) is 0 Å². The van der Waals surface area contributed by atoms with Crippen molar-refractivity contribution in [2.75, 3.05) is 0 Å². The second kappa shape index (κ2) is 2.79. The van der Waals surface area contributed by atoms with Crippen LogP contribution in [0.4, 0.5) is 8.78 Å². The molecule has 1 nitrogen and oxygen atoms in total. The first-order valence-electron chi connectivity index (χ1n) is 2.79. The molecule has 0 aliphatic heterocycles. The lowest BCUT2D eigenvalue weighted by Crippen LogP contribution is -2.18. The largest absolute Gasteiger partial charge is 0.449 e. The fraction of sp³-hybridized carbons (Fsp3) is 0. The van der Waals surface area contributed by atoms with E-state index in [1.807, 2.05) is 0 Å². The van der Waals surface area contributed by atoms with E-state index in [2.05, 4.69) is 0 Å². The summed E-state index contributed by atoms with van der Waals surface area (Å²) in [6.45, 7) is 0. The van der Waals surface area contributed by atoms with Crippen LogP contribution in [0.3, 0.4) is 0 Å². The molecule has 0 heterocycles. The summed E-state index contributed by atoms with van der Waals surface area (Å²) in [5, 5.41) is 8.44. The molecule has 0 fully saturated rings. The minimum Gasteiger partial charge on any atom is -0.449 e. The summed E-state index contributed by atoms with van der Waals surface area (Å²) in [7, 11) is -0.469. The Kier molecular flexibility index (Phi) is 2.01. The van der Waals surface area contributed by atoms with Gasteiger partial charge in [-0.05, 0) is 23.7 Å². The Morgan fingerprint density at radius 2 is 2.00 bits per heavy atom. The maximum atomic E-state index is 12.4. The molecule has 0 spiro atoms. The zero-order chi connectivity index (χ0) is 7.56. The number of hydrogen-bond acceptors (Lipinski definition) is 1. The summed E-state index contributed by atoms with van der Waals surface area (Å²) >= 11 is 0. The Bertz CT molecular complexity index is 239. The lowest BCUT2D eigenvalue weighted by molar-refractivity contribution is 0.590. The van der Waals surface area contributed by atoms with Crippen molar-refractivity contribution in [3.63, 3.8) is 0 Å². The molecule has 0 saturated heterocycles. The summed E-state index contributed by atoms with van der Waals surface area (Å²) in [5.74, 6) is -1.12. The fourth-order valence-corrected chi connectivity index (χ4v) is 0.664. The van der Waals surface area contributed by atoms with Crippen LogP contribution in [0.5, 0.6) is 0 Å². The van der Waals surface area contributed by atoms with Gasteiger partial charge in [-0.3, -0.25) is 0 Å². The van der Waals surface area contributed by atoms with Gasteiger partial charge in [-0.1, -0.05) is 0 Å². The SMILES string of the molecule is OBc1cc(F)ccc1F. The minimum absolute atomic E-state index is 0.0139. The molecular weight excluding hydrogens is 137 g/mol. The van der Waals surface area contributed by atoms with Crippen LogP contribution in [0, 0.1) is 11.6 Å². The highest BCUT2D eigenvalue weighted by Crippen LogP contribution is 1.96. The molecular formula is C6H5BF2O. The molecule has 10 heavy (non-hydrogen) atoms. The Morgan fingerprint density at radius 3 is 2.50 bits per heavy atom. The molecule has 1 rings (SSSR count). The van der Waals surface area contributed by atoms with Crippen LogP contribution in [0.15, 0.2) is 18.2 Å². The van der Waals surface area contributed by atoms with Gasteiger partial charge in [-0.2, -0.15) is 0 Å². The number of hydrogen-bond donors (Lipinski definition) is 1. The zero-order valence-electron chi connectivity index (χ0n) is 5.14. The van der Waals surface area contributed by atoms with Crippen LogP contribution >= 0.6 is 0 Å².